The highest BCUT2D eigenvalue weighted by atomic mass is 32.2. The van der Waals surface area contributed by atoms with E-state index in [2.05, 4.69) is 4.98 Å². The maximum absolute atomic E-state index is 13.4. The summed E-state index contributed by atoms with van der Waals surface area (Å²) in [5, 5.41) is 0. The minimum atomic E-state index is -3.30. The number of rotatable bonds is 7. The van der Waals surface area contributed by atoms with Gasteiger partial charge in [-0.05, 0) is 53.9 Å². The van der Waals surface area contributed by atoms with E-state index < -0.39 is 15.8 Å². The zero-order valence-electron chi connectivity index (χ0n) is 16.8. The maximum Gasteiger partial charge on any atom is 0.202 e. The minimum absolute atomic E-state index is 0.00184. The molecule has 1 atom stereocenters. The van der Waals surface area contributed by atoms with Gasteiger partial charge in [0.2, 0.25) is 5.89 Å². The molecule has 4 rings (SSSR count). The van der Waals surface area contributed by atoms with Crippen molar-refractivity contribution >= 4 is 26.7 Å². The van der Waals surface area contributed by atoms with Crippen molar-refractivity contribution in [2.24, 2.45) is 0 Å². The molecule has 0 aliphatic carbocycles. The molecule has 1 unspecified atom stereocenters. The first-order valence-corrected chi connectivity index (χ1v) is 11.6. The number of carbonyl (C=O) groups is 1. The van der Waals surface area contributed by atoms with Crippen molar-refractivity contribution in [3.8, 4) is 0 Å². The lowest BCUT2D eigenvalue weighted by Gasteiger charge is -2.16. The van der Waals surface area contributed by atoms with Gasteiger partial charge in [0, 0.05) is 12.2 Å². The van der Waals surface area contributed by atoms with E-state index in [1.807, 2.05) is 18.2 Å². The van der Waals surface area contributed by atoms with Crippen molar-refractivity contribution in [1.82, 2.24) is 4.98 Å². The molecule has 0 spiro atoms. The number of hydrogen-bond acceptors (Lipinski definition) is 5. The summed E-state index contributed by atoms with van der Waals surface area (Å²) in [5.41, 5.74) is 2.77. The highest BCUT2D eigenvalue weighted by molar-refractivity contribution is 7.90. The number of sulfone groups is 1. The predicted octanol–water partition coefficient (Wildman–Crippen LogP) is 4.51. The zero-order valence-corrected chi connectivity index (χ0v) is 17.6. The van der Waals surface area contributed by atoms with Crippen LogP contribution in [0.25, 0.3) is 11.1 Å². The van der Waals surface area contributed by atoms with Crippen LogP contribution < -0.4 is 0 Å². The molecular weight excluding hydrogens is 417 g/mol. The molecular formula is C24H20FNO4S. The van der Waals surface area contributed by atoms with Gasteiger partial charge in [-0.3, -0.25) is 4.79 Å². The molecule has 3 aromatic carbocycles. The van der Waals surface area contributed by atoms with E-state index in [0.717, 1.165) is 11.8 Å². The largest absolute Gasteiger partial charge is 0.440 e. The molecule has 4 aromatic rings. The monoisotopic (exact) mass is 437 g/mol. The third kappa shape index (κ3) is 4.88. The van der Waals surface area contributed by atoms with Crippen LogP contribution in [0.5, 0.6) is 0 Å². The molecule has 0 amide bonds. The Kier molecular flexibility index (Phi) is 5.69. The highest BCUT2D eigenvalue weighted by Gasteiger charge is 2.24. The second kappa shape index (κ2) is 8.43. The zero-order chi connectivity index (χ0) is 22.0. The third-order valence-corrected chi connectivity index (χ3v) is 6.24. The number of carbonyl (C=O) groups excluding carboxylic acids is 1. The van der Waals surface area contributed by atoms with Crippen LogP contribution in [0.15, 0.2) is 82.1 Å². The number of ketones is 1. The van der Waals surface area contributed by atoms with Crippen molar-refractivity contribution in [3.63, 3.8) is 0 Å². The minimum Gasteiger partial charge on any atom is -0.440 e. The lowest BCUT2D eigenvalue weighted by molar-refractivity contribution is -0.120. The lowest BCUT2D eigenvalue weighted by atomic mass is 9.87. The van der Waals surface area contributed by atoms with Gasteiger partial charge in [-0.2, -0.15) is 0 Å². The Morgan fingerprint density at radius 3 is 2.32 bits per heavy atom. The number of hydrogen-bond donors (Lipinski definition) is 0. The van der Waals surface area contributed by atoms with Gasteiger partial charge in [0.15, 0.2) is 15.4 Å². The molecule has 7 heteroatoms. The fourth-order valence-corrected chi connectivity index (χ4v) is 4.12. The second-order valence-electron chi connectivity index (χ2n) is 7.44. The smallest absolute Gasteiger partial charge is 0.202 e. The van der Waals surface area contributed by atoms with E-state index >= 15 is 0 Å². The van der Waals surface area contributed by atoms with Gasteiger partial charge in [0.1, 0.15) is 17.1 Å². The van der Waals surface area contributed by atoms with E-state index in [0.29, 0.717) is 29.0 Å². The van der Waals surface area contributed by atoms with Crippen LogP contribution in [0.2, 0.25) is 0 Å². The van der Waals surface area contributed by atoms with E-state index in [1.54, 1.807) is 30.3 Å². The molecule has 0 saturated heterocycles. The number of oxazole rings is 1. The Balaban J connectivity index is 1.62. The molecule has 0 fully saturated rings. The summed E-state index contributed by atoms with van der Waals surface area (Å²) in [4.78, 5) is 17.8. The molecule has 1 aromatic heterocycles. The maximum atomic E-state index is 13.4. The Labute approximate surface area is 179 Å². The number of benzene rings is 3. The molecule has 1 heterocycles. The Morgan fingerprint density at radius 2 is 1.68 bits per heavy atom. The average Bonchev–Trinajstić information content (AvgIpc) is 3.14. The van der Waals surface area contributed by atoms with Crippen LogP contribution in [0.3, 0.4) is 0 Å². The third-order valence-electron chi connectivity index (χ3n) is 5.12. The molecule has 0 aliphatic heterocycles. The van der Waals surface area contributed by atoms with Crippen LogP contribution in [0.4, 0.5) is 4.39 Å². The Morgan fingerprint density at radius 1 is 1.00 bits per heavy atom. The lowest BCUT2D eigenvalue weighted by Crippen LogP contribution is -2.18. The van der Waals surface area contributed by atoms with Crippen molar-refractivity contribution < 1.29 is 22.0 Å². The quantitative estimate of drug-likeness (QED) is 0.425. The number of halogens is 1. The summed E-state index contributed by atoms with van der Waals surface area (Å²) < 4.78 is 42.5. The highest BCUT2D eigenvalue weighted by Crippen LogP contribution is 2.26. The van der Waals surface area contributed by atoms with E-state index in [4.69, 9.17) is 4.42 Å². The van der Waals surface area contributed by atoms with E-state index in [-0.39, 0.29) is 22.9 Å². The first-order chi connectivity index (χ1) is 14.8. The van der Waals surface area contributed by atoms with E-state index in [9.17, 15) is 17.6 Å². The fourth-order valence-electron chi connectivity index (χ4n) is 3.49. The van der Waals surface area contributed by atoms with Crippen molar-refractivity contribution in [3.05, 3.63) is 95.6 Å². The molecule has 0 N–H and O–H groups in total. The summed E-state index contributed by atoms with van der Waals surface area (Å²) in [6.07, 6.45) is 1.49. The normalized spacial score (nSPS) is 12.7. The molecule has 158 valence electrons. The fraction of sp³-hybridized carbons (Fsp3) is 0.167. The van der Waals surface area contributed by atoms with Crippen LogP contribution >= 0.6 is 0 Å². The van der Waals surface area contributed by atoms with Crippen LogP contribution in [-0.2, 0) is 27.5 Å². The first-order valence-electron chi connectivity index (χ1n) is 9.71. The molecule has 0 bridgehead atoms. The van der Waals surface area contributed by atoms with Crippen LogP contribution in [0.1, 0.15) is 22.9 Å². The van der Waals surface area contributed by atoms with E-state index in [1.165, 1.54) is 24.3 Å². The molecule has 31 heavy (non-hydrogen) atoms. The molecule has 0 radical (unpaired) electrons. The summed E-state index contributed by atoms with van der Waals surface area (Å²) in [5.74, 6) is -0.734. The van der Waals surface area contributed by atoms with Gasteiger partial charge in [0.25, 0.3) is 0 Å². The van der Waals surface area contributed by atoms with Crippen LogP contribution in [-0.4, -0.2) is 25.4 Å². The summed E-state index contributed by atoms with van der Waals surface area (Å²) in [6, 6.07) is 19.5. The first kappa shape index (κ1) is 20.9. The van der Waals surface area contributed by atoms with Crippen molar-refractivity contribution in [1.29, 1.82) is 0 Å². The van der Waals surface area contributed by atoms with Gasteiger partial charge in [-0.15, -0.1) is 0 Å². The van der Waals surface area contributed by atoms with Crippen molar-refractivity contribution in [2.75, 3.05) is 6.26 Å². The summed E-state index contributed by atoms with van der Waals surface area (Å²) in [7, 11) is -3.30. The molecule has 0 saturated carbocycles. The number of para-hydroxylation sites is 2. The number of nitrogens with zero attached hydrogens (tertiary/aromatic N) is 1. The Hall–Kier alpha value is -3.32. The second-order valence-corrected chi connectivity index (χ2v) is 9.46. The van der Waals surface area contributed by atoms with Crippen LogP contribution in [0, 0.1) is 5.82 Å². The van der Waals surface area contributed by atoms with Gasteiger partial charge in [-0.25, -0.2) is 17.8 Å². The molecule has 5 nitrogen and oxygen atoms in total. The van der Waals surface area contributed by atoms with Gasteiger partial charge >= 0.3 is 0 Å². The predicted molar refractivity (Wildman–Crippen MR) is 115 cm³/mol. The van der Waals surface area contributed by atoms with Crippen molar-refractivity contribution in [2.45, 2.75) is 23.7 Å². The number of fused-ring (bicyclic) bond motifs is 1. The van der Waals surface area contributed by atoms with Gasteiger partial charge in [-0.1, -0.05) is 36.4 Å². The number of Topliss-reactive ketones (excluding diaryl/α,β-unsaturated/α-hetero) is 1. The SMILES string of the molecule is CS(=O)(=O)c1ccc(CC(C(=O)Cc2nc3ccccc3o2)c2ccc(F)cc2)cc1. The van der Waals surface area contributed by atoms with Gasteiger partial charge in [0.05, 0.1) is 11.3 Å². The number of aromatic nitrogens is 1. The summed E-state index contributed by atoms with van der Waals surface area (Å²) >= 11 is 0. The van der Waals surface area contributed by atoms with Gasteiger partial charge < -0.3 is 4.42 Å². The Bertz CT molecular complexity index is 1290. The topological polar surface area (TPSA) is 77.2 Å². The average molecular weight is 437 g/mol. The standard InChI is InChI=1S/C24H20FNO4S/c1-31(28,29)19-12-6-16(7-13-19)14-20(17-8-10-18(25)11-9-17)22(27)15-24-26-21-4-2-3-5-23(21)30-24/h2-13,20H,14-15H2,1H3. The molecule has 0 aliphatic rings. The summed E-state index contributed by atoms with van der Waals surface area (Å²) in [6.45, 7) is 0.